The molecule has 2 amide bonds. The number of benzene rings is 2. The number of hydrogen-bond donors (Lipinski definition) is 2. The molecule has 0 radical (unpaired) electrons. The van der Waals surface area contributed by atoms with Crippen LogP contribution in [0.4, 0.5) is 0 Å². The van der Waals surface area contributed by atoms with Crippen LogP contribution in [0, 0.1) is 0 Å². The molecular formula is C25H30N2O4S. The molecule has 3 atom stereocenters. The molecule has 7 heteroatoms. The SMILES string of the molecule is CCOC(=O)CCCC[C@H]1SC[C@@H](NC(=O)c2ccccc2)[C@@H]1NC(=O)c1ccccc1. The fraction of sp³-hybridized carbons (Fsp3) is 0.400. The quantitative estimate of drug-likeness (QED) is 0.421. The van der Waals surface area contributed by atoms with E-state index >= 15 is 0 Å². The van der Waals surface area contributed by atoms with Crippen molar-refractivity contribution in [3.8, 4) is 0 Å². The molecule has 0 aromatic heterocycles. The number of nitrogens with one attached hydrogen (secondary N) is 2. The second-order valence-electron chi connectivity index (χ2n) is 7.73. The van der Waals surface area contributed by atoms with Crippen LogP contribution in [0.2, 0.25) is 0 Å². The summed E-state index contributed by atoms with van der Waals surface area (Å²) in [6.07, 6.45) is 2.85. The number of hydrogen-bond acceptors (Lipinski definition) is 5. The van der Waals surface area contributed by atoms with Crippen molar-refractivity contribution < 1.29 is 19.1 Å². The van der Waals surface area contributed by atoms with Crippen molar-refractivity contribution in [2.45, 2.75) is 49.9 Å². The van der Waals surface area contributed by atoms with Crippen molar-refractivity contribution in [1.29, 1.82) is 0 Å². The van der Waals surface area contributed by atoms with Gasteiger partial charge in [-0.2, -0.15) is 11.8 Å². The van der Waals surface area contributed by atoms with E-state index in [1.807, 2.05) is 36.4 Å². The van der Waals surface area contributed by atoms with E-state index in [0.717, 1.165) is 25.0 Å². The molecule has 170 valence electrons. The highest BCUT2D eigenvalue weighted by Crippen LogP contribution is 2.32. The zero-order valence-corrected chi connectivity index (χ0v) is 19.1. The fourth-order valence-corrected chi connectivity index (χ4v) is 5.34. The summed E-state index contributed by atoms with van der Waals surface area (Å²) in [7, 11) is 0. The minimum atomic E-state index is -0.192. The molecule has 1 fully saturated rings. The van der Waals surface area contributed by atoms with E-state index < -0.39 is 0 Å². The van der Waals surface area contributed by atoms with E-state index in [1.165, 1.54) is 0 Å². The van der Waals surface area contributed by atoms with Crippen molar-refractivity contribution in [3.63, 3.8) is 0 Å². The summed E-state index contributed by atoms with van der Waals surface area (Å²) in [5, 5.41) is 6.42. The van der Waals surface area contributed by atoms with Gasteiger partial charge >= 0.3 is 5.97 Å². The molecule has 1 saturated heterocycles. The van der Waals surface area contributed by atoms with E-state index in [-0.39, 0.29) is 35.1 Å². The maximum Gasteiger partial charge on any atom is 0.305 e. The first kappa shape index (κ1) is 23.9. The highest BCUT2D eigenvalue weighted by molar-refractivity contribution is 8.00. The molecule has 2 aromatic carbocycles. The molecule has 2 N–H and O–H groups in total. The number of esters is 1. The third kappa shape index (κ3) is 6.85. The van der Waals surface area contributed by atoms with Gasteiger partial charge in [-0.25, -0.2) is 0 Å². The molecule has 2 aromatic rings. The lowest BCUT2D eigenvalue weighted by Crippen LogP contribution is -2.53. The van der Waals surface area contributed by atoms with Crippen LogP contribution in [0.1, 0.15) is 53.3 Å². The van der Waals surface area contributed by atoms with Crippen LogP contribution in [0.15, 0.2) is 60.7 Å². The molecule has 0 saturated carbocycles. The van der Waals surface area contributed by atoms with Crippen molar-refractivity contribution in [2.75, 3.05) is 12.4 Å². The molecule has 0 unspecified atom stereocenters. The average molecular weight is 455 g/mol. The van der Waals surface area contributed by atoms with Crippen LogP contribution in [0.25, 0.3) is 0 Å². The maximum absolute atomic E-state index is 12.8. The Hall–Kier alpha value is -2.80. The summed E-state index contributed by atoms with van der Waals surface area (Å²) < 4.78 is 4.99. The summed E-state index contributed by atoms with van der Waals surface area (Å²) >= 11 is 1.76. The number of carbonyl (C=O) groups excluding carboxylic acids is 3. The minimum Gasteiger partial charge on any atom is -0.466 e. The molecule has 0 spiro atoms. The maximum atomic E-state index is 12.8. The summed E-state index contributed by atoms with van der Waals surface area (Å²) in [5.41, 5.74) is 1.20. The third-order valence-corrected chi connectivity index (χ3v) is 6.94. The number of amides is 2. The molecule has 0 aliphatic carbocycles. The topological polar surface area (TPSA) is 84.5 Å². The van der Waals surface area contributed by atoms with E-state index in [0.29, 0.717) is 24.2 Å². The smallest absolute Gasteiger partial charge is 0.305 e. The Morgan fingerprint density at radius 2 is 1.50 bits per heavy atom. The number of rotatable bonds is 10. The van der Waals surface area contributed by atoms with Gasteiger partial charge in [-0.15, -0.1) is 0 Å². The first-order chi connectivity index (χ1) is 15.6. The Morgan fingerprint density at radius 3 is 2.09 bits per heavy atom. The van der Waals surface area contributed by atoms with Crippen molar-refractivity contribution >= 4 is 29.5 Å². The first-order valence-corrected chi connectivity index (χ1v) is 12.1. The average Bonchev–Trinajstić information content (AvgIpc) is 3.19. The lowest BCUT2D eigenvalue weighted by molar-refractivity contribution is -0.143. The molecule has 1 aliphatic heterocycles. The number of thioether (sulfide) groups is 1. The van der Waals surface area contributed by atoms with Gasteiger partial charge < -0.3 is 15.4 Å². The summed E-state index contributed by atoms with van der Waals surface area (Å²) in [5.74, 6) is 0.265. The van der Waals surface area contributed by atoms with Crippen molar-refractivity contribution in [2.24, 2.45) is 0 Å². The Kier molecular flexibility index (Phi) is 9.16. The van der Waals surface area contributed by atoms with E-state index in [9.17, 15) is 14.4 Å². The lowest BCUT2D eigenvalue weighted by Gasteiger charge is -2.26. The number of ether oxygens (including phenoxy) is 1. The monoisotopic (exact) mass is 454 g/mol. The van der Waals surface area contributed by atoms with Gasteiger partial charge in [0.05, 0.1) is 18.7 Å². The predicted octanol–water partition coefficient (Wildman–Crippen LogP) is 3.82. The fourth-order valence-electron chi connectivity index (χ4n) is 3.80. The van der Waals surface area contributed by atoms with Gasteiger partial charge in [0, 0.05) is 28.6 Å². The summed E-state index contributed by atoms with van der Waals surface area (Å²) in [6.45, 7) is 2.20. The molecule has 32 heavy (non-hydrogen) atoms. The van der Waals surface area contributed by atoms with Gasteiger partial charge in [0.2, 0.25) is 0 Å². The predicted molar refractivity (Wildman–Crippen MR) is 127 cm³/mol. The third-order valence-electron chi connectivity index (χ3n) is 5.43. The lowest BCUT2D eigenvalue weighted by atomic mass is 10.00. The standard InChI is InChI=1S/C25H30N2O4S/c1-2-31-22(28)16-10-9-15-21-23(27-25(30)19-13-7-4-8-14-19)20(17-32-21)26-24(29)18-11-5-3-6-12-18/h3-8,11-14,20-21,23H,2,9-10,15-17H2,1H3,(H,26,29)(H,27,30)/t20-,21-,23+/m1/s1. The molecule has 1 aliphatic rings. The zero-order valence-electron chi connectivity index (χ0n) is 18.3. The van der Waals surface area contributed by atoms with Crippen LogP contribution in [0.5, 0.6) is 0 Å². The van der Waals surface area contributed by atoms with Gasteiger partial charge in [-0.3, -0.25) is 14.4 Å². The zero-order chi connectivity index (χ0) is 22.8. The molecule has 1 heterocycles. The van der Waals surface area contributed by atoms with Crippen LogP contribution < -0.4 is 10.6 Å². The van der Waals surface area contributed by atoms with Crippen LogP contribution in [0.3, 0.4) is 0 Å². The molecule has 6 nitrogen and oxygen atoms in total. The van der Waals surface area contributed by atoms with Gasteiger partial charge in [0.25, 0.3) is 11.8 Å². The Balaban J connectivity index is 1.63. The van der Waals surface area contributed by atoms with Gasteiger partial charge in [-0.1, -0.05) is 42.8 Å². The summed E-state index contributed by atoms with van der Waals surface area (Å²) in [4.78, 5) is 37.1. The van der Waals surface area contributed by atoms with Gasteiger partial charge in [0.15, 0.2) is 0 Å². The van der Waals surface area contributed by atoms with Crippen molar-refractivity contribution in [1.82, 2.24) is 10.6 Å². The minimum absolute atomic E-state index is 0.141. The highest BCUT2D eigenvalue weighted by atomic mass is 32.2. The number of carbonyl (C=O) groups is 3. The second kappa shape index (κ2) is 12.3. The van der Waals surface area contributed by atoms with Crippen LogP contribution in [-0.4, -0.2) is 47.5 Å². The van der Waals surface area contributed by atoms with Crippen molar-refractivity contribution in [3.05, 3.63) is 71.8 Å². The van der Waals surface area contributed by atoms with Gasteiger partial charge in [-0.05, 0) is 44.0 Å². The number of unbranched alkanes of at least 4 members (excludes halogenated alkanes) is 1. The molecular weight excluding hydrogens is 424 g/mol. The Morgan fingerprint density at radius 1 is 0.906 bits per heavy atom. The van der Waals surface area contributed by atoms with E-state index in [4.69, 9.17) is 4.74 Å². The molecule has 0 bridgehead atoms. The molecule has 3 rings (SSSR count). The van der Waals surface area contributed by atoms with E-state index in [1.54, 1.807) is 43.0 Å². The first-order valence-electron chi connectivity index (χ1n) is 11.1. The summed E-state index contributed by atoms with van der Waals surface area (Å²) in [6, 6.07) is 17.8. The van der Waals surface area contributed by atoms with Crippen LogP contribution >= 0.6 is 11.8 Å². The Bertz CT molecular complexity index is 891. The Labute approximate surface area is 193 Å². The van der Waals surface area contributed by atoms with E-state index in [2.05, 4.69) is 10.6 Å². The largest absolute Gasteiger partial charge is 0.466 e. The van der Waals surface area contributed by atoms with Crippen LogP contribution in [-0.2, 0) is 9.53 Å². The second-order valence-corrected chi connectivity index (χ2v) is 9.01. The normalized spacial score (nSPS) is 19.8. The highest BCUT2D eigenvalue weighted by Gasteiger charge is 2.38. The van der Waals surface area contributed by atoms with Gasteiger partial charge in [0.1, 0.15) is 0 Å².